The number of nitrogens with one attached hydrogen (secondary N) is 1. The summed E-state index contributed by atoms with van der Waals surface area (Å²) in [6, 6.07) is 0. The van der Waals surface area contributed by atoms with Crippen LogP contribution in [0.25, 0.3) is 0 Å². The molecule has 0 aromatic rings. The molecule has 3 nitrogen and oxygen atoms in total. The third-order valence-corrected chi connectivity index (χ3v) is 6.07. The maximum Gasteiger partial charge on any atom is 0.168 e. The summed E-state index contributed by atoms with van der Waals surface area (Å²) in [5.74, 6) is 0.992. The van der Waals surface area contributed by atoms with Crippen LogP contribution in [0.1, 0.15) is 105 Å². The van der Waals surface area contributed by atoms with Crippen LogP contribution in [0, 0.1) is 11.8 Å². The van der Waals surface area contributed by atoms with Gasteiger partial charge in [-0.25, -0.2) is 0 Å². The molecule has 1 heterocycles. The number of unbranched alkanes of at least 4 members (excludes halogenated alkanes) is 5. The van der Waals surface area contributed by atoms with Gasteiger partial charge in [-0.05, 0) is 71.9 Å². The molecule has 0 aliphatic carbocycles. The summed E-state index contributed by atoms with van der Waals surface area (Å²) in [5.41, 5.74) is 0. The predicted molar refractivity (Wildman–Crippen MR) is 113 cm³/mol. The first-order valence-electron chi connectivity index (χ1n) is 11.6. The Kier molecular flexibility index (Phi) is 13.7. The van der Waals surface area contributed by atoms with Crippen molar-refractivity contribution < 1.29 is 9.47 Å². The Morgan fingerprint density at radius 1 is 0.923 bits per heavy atom. The lowest BCUT2D eigenvalue weighted by Crippen LogP contribution is -2.41. The van der Waals surface area contributed by atoms with E-state index in [1.54, 1.807) is 0 Å². The van der Waals surface area contributed by atoms with E-state index in [-0.39, 0.29) is 0 Å². The number of piperidine rings is 1. The molecule has 0 aromatic carbocycles. The van der Waals surface area contributed by atoms with Gasteiger partial charge in [0.1, 0.15) is 0 Å². The minimum absolute atomic E-state index is 0.405. The van der Waals surface area contributed by atoms with E-state index < -0.39 is 5.79 Å². The predicted octanol–water partition coefficient (Wildman–Crippen LogP) is 6.31. The van der Waals surface area contributed by atoms with Crippen molar-refractivity contribution in [3.8, 4) is 0 Å². The standard InChI is InChI=1S/C23H47NO2/c1-5-8-9-10-11-12-17-22(23(4,25-6-2)26-7-3)18-13-15-21-16-14-19-24-20-21/h21-22,24H,5-20H2,1-4H3. The summed E-state index contributed by atoms with van der Waals surface area (Å²) >= 11 is 0. The van der Waals surface area contributed by atoms with Gasteiger partial charge in [-0.1, -0.05) is 51.9 Å². The number of ether oxygens (including phenoxy) is 2. The molecule has 0 amide bonds. The second-order valence-electron chi connectivity index (χ2n) is 8.28. The van der Waals surface area contributed by atoms with Gasteiger partial charge in [0.05, 0.1) is 0 Å². The van der Waals surface area contributed by atoms with Gasteiger partial charge in [0.25, 0.3) is 0 Å². The topological polar surface area (TPSA) is 30.5 Å². The van der Waals surface area contributed by atoms with Gasteiger partial charge < -0.3 is 14.8 Å². The van der Waals surface area contributed by atoms with Crippen molar-refractivity contribution in [1.82, 2.24) is 5.32 Å². The van der Waals surface area contributed by atoms with E-state index in [9.17, 15) is 0 Å². The second-order valence-corrected chi connectivity index (χ2v) is 8.28. The Balaban J connectivity index is 2.46. The van der Waals surface area contributed by atoms with Crippen LogP contribution in [0.15, 0.2) is 0 Å². The summed E-state index contributed by atoms with van der Waals surface area (Å²) in [7, 11) is 0. The average Bonchev–Trinajstić information content (AvgIpc) is 2.64. The van der Waals surface area contributed by atoms with E-state index >= 15 is 0 Å². The first-order chi connectivity index (χ1) is 12.7. The van der Waals surface area contributed by atoms with Crippen LogP contribution in [0.2, 0.25) is 0 Å². The molecule has 2 unspecified atom stereocenters. The van der Waals surface area contributed by atoms with Gasteiger partial charge in [-0.15, -0.1) is 0 Å². The molecule has 1 rings (SSSR count). The fourth-order valence-electron chi connectivity index (χ4n) is 4.51. The van der Waals surface area contributed by atoms with Gasteiger partial charge in [0.2, 0.25) is 0 Å². The van der Waals surface area contributed by atoms with E-state index in [1.807, 2.05) is 0 Å². The Labute approximate surface area is 164 Å². The molecule has 1 aliphatic heterocycles. The Bertz CT molecular complexity index is 309. The van der Waals surface area contributed by atoms with Crippen molar-refractivity contribution >= 4 is 0 Å². The van der Waals surface area contributed by atoms with Crippen molar-refractivity contribution in [2.75, 3.05) is 26.3 Å². The van der Waals surface area contributed by atoms with E-state index in [1.165, 1.54) is 90.1 Å². The Morgan fingerprint density at radius 3 is 2.19 bits per heavy atom. The molecule has 2 atom stereocenters. The zero-order valence-electron chi connectivity index (χ0n) is 18.3. The second kappa shape index (κ2) is 14.9. The molecule has 156 valence electrons. The largest absolute Gasteiger partial charge is 0.350 e. The number of rotatable bonds is 16. The van der Waals surface area contributed by atoms with Crippen LogP contribution in [-0.2, 0) is 9.47 Å². The summed E-state index contributed by atoms with van der Waals surface area (Å²) < 4.78 is 12.3. The zero-order valence-corrected chi connectivity index (χ0v) is 18.3. The summed E-state index contributed by atoms with van der Waals surface area (Å²) in [6.07, 6.45) is 16.1. The highest BCUT2D eigenvalue weighted by molar-refractivity contribution is 4.77. The van der Waals surface area contributed by atoms with E-state index in [2.05, 4.69) is 33.0 Å². The minimum Gasteiger partial charge on any atom is -0.350 e. The van der Waals surface area contributed by atoms with Gasteiger partial charge in [0, 0.05) is 19.1 Å². The first kappa shape index (κ1) is 23.9. The van der Waals surface area contributed by atoms with E-state index in [4.69, 9.17) is 9.47 Å². The highest BCUT2D eigenvalue weighted by Gasteiger charge is 2.35. The SMILES string of the molecule is CCCCCCCCC(CCCC1CCCNC1)C(C)(OCC)OCC. The normalized spacial score (nSPS) is 19.6. The smallest absolute Gasteiger partial charge is 0.168 e. The minimum atomic E-state index is -0.405. The monoisotopic (exact) mass is 369 g/mol. The Hall–Kier alpha value is -0.120. The number of hydrogen-bond donors (Lipinski definition) is 1. The molecule has 1 fully saturated rings. The fourth-order valence-corrected chi connectivity index (χ4v) is 4.51. The lowest BCUT2D eigenvalue weighted by atomic mass is 9.85. The first-order valence-corrected chi connectivity index (χ1v) is 11.6. The fraction of sp³-hybridized carbons (Fsp3) is 1.00. The quantitative estimate of drug-likeness (QED) is 0.255. The van der Waals surface area contributed by atoms with Crippen molar-refractivity contribution in [3.63, 3.8) is 0 Å². The molecular formula is C23H47NO2. The number of hydrogen-bond acceptors (Lipinski definition) is 3. The molecule has 0 aromatic heterocycles. The highest BCUT2D eigenvalue weighted by Crippen LogP contribution is 2.33. The Morgan fingerprint density at radius 2 is 1.58 bits per heavy atom. The summed E-state index contributed by atoms with van der Waals surface area (Å²) in [6.45, 7) is 12.5. The summed E-state index contributed by atoms with van der Waals surface area (Å²) in [5, 5.41) is 3.55. The molecular weight excluding hydrogens is 322 g/mol. The van der Waals surface area contributed by atoms with Gasteiger partial charge in [-0.2, -0.15) is 0 Å². The van der Waals surface area contributed by atoms with Crippen LogP contribution >= 0.6 is 0 Å². The van der Waals surface area contributed by atoms with Crippen LogP contribution in [-0.4, -0.2) is 32.1 Å². The average molecular weight is 370 g/mol. The molecule has 26 heavy (non-hydrogen) atoms. The molecule has 1 aliphatic rings. The van der Waals surface area contributed by atoms with Gasteiger partial charge in [-0.3, -0.25) is 0 Å². The zero-order chi connectivity index (χ0) is 19.1. The van der Waals surface area contributed by atoms with E-state index in [0.29, 0.717) is 5.92 Å². The van der Waals surface area contributed by atoms with Gasteiger partial charge in [0.15, 0.2) is 5.79 Å². The molecule has 1 N–H and O–H groups in total. The van der Waals surface area contributed by atoms with Crippen molar-refractivity contribution in [3.05, 3.63) is 0 Å². The maximum atomic E-state index is 6.14. The van der Waals surface area contributed by atoms with Crippen molar-refractivity contribution in [2.24, 2.45) is 11.8 Å². The van der Waals surface area contributed by atoms with Crippen LogP contribution < -0.4 is 5.32 Å². The molecule has 0 radical (unpaired) electrons. The molecule has 3 heteroatoms. The third-order valence-electron chi connectivity index (χ3n) is 6.07. The lowest BCUT2D eigenvalue weighted by Gasteiger charge is -2.37. The van der Waals surface area contributed by atoms with Crippen molar-refractivity contribution in [2.45, 2.75) is 111 Å². The molecule has 0 spiro atoms. The lowest BCUT2D eigenvalue weighted by molar-refractivity contribution is -0.254. The highest BCUT2D eigenvalue weighted by atomic mass is 16.7. The maximum absolute atomic E-state index is 6.14. The molecule has 1 saturated heterocycles. The van der Waals surface area contributed by atoms with E-state index in [0.717, 1.165) is 19.1 Å². The van der Waals surface area contributed by atoms with Crippen LogP contribution in [0.4, 0.5) is 0 Å². The van der Waals surface area contributed by atoms with Crippen LogP contribution in [0.3, 0.4) is 0 Å². The molecule has 0 bridgehead atoms. The third kappa shape index (κ3) is 9.71. The molecule has 0 saturated carbocycles. The van der Waals surface area contributed by atoms with Gasteiger partial charge >= 0.3 is 0 Å². The van der Waals surface area contributed by atoms with Crippen molar-refractivity contribution in [1.29, 1.82) is 0 Å². The van der Waals surface area contributed by atoms with Crippen LogP contribution in [0.5, 0.6) is 0 Å². The summed E-state index contributed by atoms with van der Waals surface area (Å²) in [4.78, 5) is 0.